The molecule has 3 rings (SSSR count). The second-order valence-corrected chi connectivity index (χ2v) is 3.24. The van der Waals surface area contributed by atoms with Crippen molar-refractivity contribution in [1.29, 1.82) is 0 Å². The number of nitrogens with zero attached hydrogens (tertiary/aromatic N) is 3. The molecule has 0 aliphatic carbocycles. The van der Waals surface area contributed by atoms with Crippen LogP contribution in [0.5, 0.6) is 5.75 Å². The van der Waals surface area contributed by atoms with Crippen LogP contribution in [-0.4, -0.2) is 23.8 Å². The molecule has 0 amide bonds. The van der Waals surface area contributed by atoms with Crippen LogP contribution in [0.4, 0.5) is 5.69 Å². The Kier molecular flexibility index (Phi) is 2.92. The van der Waals surface area contributed by atoms with Crippen LogP contribution in [0.2, 0.25) is 0 Å². The molecule has 4 nitrogen and oxygen atoms in total. The van der Waals surface area contributed by atoms with Gasteiger partial charge in [0.2, 0.25) is 5.96 Å². The molecule has 82 valence electrons. The Morgan fingerprint density at radius 3 is 3.06 bits per heavy atom. The third-order valence-electron chi connectivity index (χ3n) is 2.24. The quantitative estimate of drug-likeness (QED) is 0.692. The van der Waals surface area contributed by atoms with Gasteiger partial charge in [-0.3, -0.25) is 4.90 Å². The monoisotopic (exact) mass is 235 g/mol. The summed E-state index contributed by atoms with van der Waals surface area (Å²) < 4.78 is 5.60. The number of aliphatic imine (C=N–C) groups is 2. The molecular formula is C11H10ClN3O. The van der Waals surface area contributed by atoms with Crippen molar-refractivity contribution < 1.29 is 4.74 Å². The molecule has 0 atom stereocenters. The number of hydrogen-bond acceptors (Lipinski definition) is 4. The van der Waals surface area contributed by atoms with E-state index in [2.05, 4.69) is 9.98 Å². The van der Waals surface area contributed by atoms with E-state index in [1.807, 2.05) is 41.4 Å². The van der Waals surface area contributed by atoms with Crippen molar-refractivity contribution in [1.82, 2.24) is 4.90 Å². The zero-order valence-corrected chi connectivity index (χ0v) is 9.22. The fourth-order valence-electron chi connectivity index (χ4n) is 1.51. The zero-order chi connectivity index (χ0) is 10.1. The fraction of sp³-hybridized carbons (Fsp3) is 0.0909. The smallest absolute Gasteiger partial charge is 0.232 e. The van der Waals surface area contributed by atoms with E-state index in [4.69, 9.17) is 4.74 Å². The average molecular weight is 236 g/mol. The molecule has 5 heteroatoms. The summed E-state index contributed by atoms with van der Waals surface area (Å²) in [6.45, 7) is 0.448. The van der Waals surface area contributed by atoms with E-state index in [0.717, 1.165) is 11.4 Å². The zero-order valence-electron chi connectivity index (χ0n) is 8.41. The van der Waals surface area contributed by atoms with Gasteiger partial charge >= 0.3 is 0 Å². The van der Waals surface area contributed by atoms with E-state index in [1.54, 1.807) is 6.21 Å². The van der Waals surface area contributed by atoms with Gasteiger partial charge in [-0.1, -0.05) is 12.1 Å². The molecule has 0 bridgehead atoms. The molecule has 0 unspecified atom stereocenters. The first kappa shape index (κ1) is 10.7. The number of para-hydroxylation sites is 2. The maximum Gasteiger partial charge on any atom is 0.232 e. The summed E-state index contributed by atoms with van der Waals surface area (Å²) in [7, 11) is 0. The van der Waals surface area contributed by atoms with Gasteiger partial charge in [-0.2, -0.15) is 0 Å². The van der Waals surface area contributed by atoms with Crippen LogP contribution in [0.25, 0.3) is 0 Å². The van der Waals surface area contributed by atoms with Gasteiger partial charge in [-0.15, -0.1) is 12.4 Å². The number of hydrogen-bond donors (Lipinski definition) is 0. The molecule has 1 aromatic carbocycles. The van der Waals surface area contributed by atoms with Gasteiger partial charge in [0, 0.05) is 12.4 Å². The Morgan fingerprint density at radius 2 is 2.12 bits per heavy atom. The molecule has 16 heavy (non-hydrogen) atoms. The minimum absolute atomic E-state index is 0. The highest BCUT2D eigenvalue weighted by Gasteiger charge is 2.16. The second-order valence-electron chi connectivity index (χ2n) is 3.24. The summed E-state index contributed by atoms with van der Waals surface area (Å²) in [5.41, 5.74) is 0.822. The summed E-state index contributed by atoms with van der Waals surface area (Å²) in [5, 5.41) is 0. The third-order valence-corrected chi connectivity index (χ3v) is 2.24. The highest BCUT2D eigenvalue weighted by Crippen LogP contribution is 2.29. The van der Waals surface area contributed by atoms with Crippen molar-refractivity contribution in [2.75, 3.05) is 6.73 Å². The molecule has 0 fully saturated rings. The lowest BCUT2D eigenvalue weighted by Crippen LogP contribution is -2.28. The lowest BCUT2D eigenvalue weighted by molar-refractivity contribution is 0.233. The minimum atomic E-state index is 0. The van der Waals surface area contributed by atoms with Crippen LogP contribution in [0.15, 0.2) is 46.5 Å². The molecule has 1 aromatic rings. The van der Waals surface area contributed by atoms with E-state index >= 15 is 0 Å². The number of halogens is 1. The van der Waals surface area contributed by atoms with Crippen LogP contribution >= 0.6 is 12.4 Å². The van der Waals surface area contributed by atoms with E-state index in [-0.39, 0.29) is 12.4 Å². The molecule has 2 aliphatic heterocycles. The van der Waals surface area contributed by atoms with Crippen molar-refractivity contribution in [3.05, 3.63) is 36.5 Å². The van der Waals surface area contributed by atoms with Gasteiger partial charge in [0.15, 0.2) is 6.73 Å². The van der Waals surface area contributed by atoms with Crippen molar-refractivity contribution in [3.63, 3.8) is 0 Å². The molecule has 2 heterocycles. The molecule has 0 radical (unpaired) electrons. The number of fused-ring (bicyclic) bond motifs is 2. The largest absolute Gasteiger partial charge is 0.470 e. The molecule has 0 spiro atoms. The first-order chi connectivity index (χ1) is 7.43. The van der Waals surface area contributed by atoms with Gasteiger partial charge in [-0.05, 0) is 18.2 Å². The van der Waals surface area contributed by atoms with Crippen molar-refractivity contribution in [3.8, 4) is 5.75 Å². The Balaban J connectivity index is 0.000000963. The SMILES string of the molecule is C1=CN2COc3ccccc3N=C2N=C1.Cl. The van der Waals surface area contributed by atoms with Crippen LogP contribution < -0.4 is 4.74 Å². The van der Waals surface area contributed by atoms with Gasteiger partial charge in [0.05, 0.1) is 0 Å². The molecule has 0 saturated carbocycles. The minimum Gasteiger partial charge on any atom is -0.470 e. The normalized spacial score (nSPS) is 16.2. The first-order valence-electron chi connectivity index (χ1n) is 4.71. The van der Waals surface area contributed by atoms with Gasteiger partial charge in [0.1, 0.15) is 11.4 Å². The van der Waals surface area contributed by atoms with Crippen molar-refractivity contribution in [2.45, 2.75) is 0 Å². The van der Waals surface area contributed by atoms with Gasteiger partial charge in [-0.25, -0.2) is 9.98 Å². The molecule has 0 N–H and O–H groups in total. The van der Waals surface area contributed by atoms with Crippen molar-refractivity contribution in [2.24, 2.45) is 9.98 Å². The predicted octanol–water partition coefficient (Wildman–Crippen LogP) is 2.35. The number of allylic oxidation sites excluding steroid dienone is 1. The summed E-state index contributed by atoms with van der Waals surface area (Å²) in [6.07, 6.45) is 5.49. The van der Waals surface area contributed by atoms with E-state index in [1.165, 1.54) is 0 Å². The molecular weight excluding hydrogens is 226 g/mol. The highest BCUT2D eigenvalue weighted by molar-refractivity contribution is 5.96. The topological polar surface area (TPSA) is 37.2 Å². The highest BCUT2D eigenvalue weighted by atomic mass is 35.5. The molecule has 2 aliphatic rings. The molecule has 0 saturated heterocycles. The van der Waals surface area contributed by atoms with Crippen molar-refractivity contribution >= 4 is 30.3 Å². The Labute approximate surface area is 99.4 Å². The Hall–Kier alpha value is -1.81. The standard InChI is InChI=1S/C11H9N3O.ClH/c1-2-5-10-9(4-1)13-11-12-6-3-7-14(11)8-15-10;/h1-7H,8H2;1H. The van der Waals surface area contributed by atoms with E-state index < -0.39 is 0 Å². The van der Waals surface area contributed by atoms with Crippen LogP contribution in [-0.2, 0) is 0 Å². The van der Waals surface area contributed by atoms with Crippen LogP contribution in [0.1, 0.15) is 0 Å². The lowest BCUT2D eigenvalue weighted by atomic mass is 10.3. The van der Waals surface area contributed by atoms with Crippen LogP contribution in [0.3, 0.4) is 0 Å². The lowest BCUT2D eigenvalue weighted by Gasteiger charge is -2.18. The summed E-state index contributed by atoms with van der Waals surface area (Å²) in [4.78, 5) is 10.5. The van der Waals surface area contributed by atoms with E-state index in [0.29, 0.717) is 12.7 Å². The van der Waals surface area contributed by atoms with Gasteiger partial charge < -0.3 is 4.74 Å². The Morgan fingerprint density at radius 1 is 1.25 bits per heavy atom. The molecule has 0 aromatic heterocycles. The van der Waals surface area contributed by atoms with Crippen LogP contribution in [0, 0.1) is 0 Å². The maximum atomic E-state index is 5.60. The average Bonchev–Trinajstić information content (AvgIpc) is 2.48. The summed E-state index contributed by atoms with van der Waals surface area (Å²) in [6, 6.07) is 7.69. The maximum absolute atomic E-state index is 5.60. The number of benzene rings is 1. The number of rotatable bonds is 0. The third kappa shape index (κ3) is 1.79. The second kappa shape index (κ2) is 4.37. The van der Waals surface area contributed by atoms with Gasteiger partial charge in [0.25, 0.3) is 0 Å². The first-order valence-corrected chi connectivity index (χ1v) is 4.71. The Bertz CT molecular complexity index is 482. The number of ether oxygens (including phenoxy) is 1. The summed E-state index contributed by atoms with van der Waals surface area (Å²) >= 11 is 0. The summed E-state index contributed by atoms with van der Waals surface area (Å²) in [5.74, 6) is 1.46. The fourth-order valence-corrected chi connectivity index (χ4v) is 1.51. The van der Waals surface area contributed by atoms with E-state index in [9.17, 15) is 0 Å². The predicted molar refractivity (Wildman–Crippen MR) is 65.8 cm³/mol. The number of guanidine groups is 1.